The Hall–Kier alpha value is -0.530. The van der Waals surface area contributed by atoms with Gasteiger partial charge in [0.1, 0.15) is 0 Å². The van der Waals surface area contributed by atoms with Crippen LogP contribution in [0.25, 0.3) is 0 Å². The van der Waals surface area contributed by atoms with Crippen molar-refractivity contribution in [3.05, 3.63) is 34.9 Å². The Morgan fingerprint density at radius 3 is 2.35 bits per heavy atom. The molecule has 1 aromatic carbocycles. The molecule has 1 saturated carbocycles. The third-order valence-corrected chi connectivity index (χ3v) is 5.24. The summed E-state index contributed by atoms with van der Waals surface area (Å²) in [5, 5.41) is 4.67. The first-order valence-corrected chi connectivity index (χ1v) is 8.56. The molecule has 0 aromatic heterocycles. The van der Waals surface area contributed by atoms with Gasteiger partial charge in [-0.25, -0.2) is 0 Å². The lowest BCUT2D eigenvalue weighted by atomic mass is 9.83. The van der Waals surface area contributed by atoms with Crippen LogP contribution in [0.15, 0.2) is 24.3 Å². The molecular weight excluding hydrogens is 266 g/mol. The van der Waals surface area contributed by atoms with Crippen molar-refractivity contribution < 1.29 is 0 Å². The van der Waals surface area contributed by atoms with Gasteiger partial charge in [0.15, 0.2) is 0 Å². The number of nitrogens with one attached hydrogen (secondary N) is 1. The van der Waals surface area contributed by atoms with E-state index in [0.29, 0.717) is 11.5 Å². The molecule has 2 rings (SSSR count). The Morgan fingerprint density at radius 2 is 1.80 bits per heavy atom. The highest BCUT2D eigenvalue weighted by atomic mass is 35.5. The summed E-state index contributed by atoms with van der Waals surface area (Å²) in [5.41, 5.74) is 1.93. The average molecular weight is 294 g/mol. The third-order valence-electron chi connectivity index (χ3n) is 4.99. The van der Waals surface area contributed by atoms with Gasteiger partial charge in [-0.3, -0.25) is 0 Å². The summed E-state index contributed by atoms with van der Waals surface area (Å²) in [4.78, 5) is 0. The molecule has 1 aliphatic carbocycles. The molecule has 0 spiro atoms. The van der Waals surface area contributed by atoms with Crippen molar-refractivity contribution in [3.63, 3.8) is 0 Å². The molecule has 1 nitrogen and oxygen atoms in total. The second kappa shape index (κ2) is 7.47. The van der Waals surface area contributed by atoms with Crippen molar-refractivity contribution in [2.75, 3.05) is 6.54 Å². The van der Waals surface area contributed by atoms with E-state index in [1.165, 1.54) is 50.5 Å². The van der Waals surface area contributed by atoms with Crippen molar-refractivity contribution in [2.24, 2.45) is 5.41 Å². The van der Waals surface area contributed by atoms with Crippen molar-refractivity contribution in [2.45, 2.75) is 64.8 Å². The maximum Gasteiger partial charge on any atom is 0.0406 e. The lowest BCUT2D eigenvalue weighted by Gasteiger charge is -2.31. The highest BCUT2D eigenvalue weighted by Crippen LogP contribution is 2.40. The summed E-state index contributed by atoms with van der Waals surface area (Å²) < 4.78 is 0. The van der Waals surface area contributed by atoms with Gasteiger partial charge in [-0.1, -0.05) is 56.8 Å². The topological polar surface area (TPSA) is 12.0 Å². The minimum Gasteiger partial charge on any atom is -0.309 e. The van der Waals surface area contributed by atoms with E-state index in [4.69, 9.17) is 11.6 Å². The number of rotatable bonds is 7. The quantitative estimate of drug-likeness (QED) is 0.676. The predicted molar refractivity (Wildman–Crippen MR) is 88.3 cm³/mol. The molecule has 112 valence electrons. The maximum absolute atomic E-state index is 6.00. The highest BCUT2D eigenvalue weighted by molar-refractivity contribution is 6.30. The molecule has 0 radical (unpaired) electrons. The fourth-order valence-electron chi connectivity index (χ4n) is 3.49. The summed E-state index contributed by atoms with van der Waals surface area (Å²) in [6, 6.07) is 8.83. The monoisotopic (exact) mass is 293 g/mol. The fourth-order valence-corrected chi connectivity index (χ4v) is 3.62. The van der Waals surface area contributed by atoms with Crippen LogP contribution >= 0.6 is 11.6 Å². The van der Waals surface area contributed by atoms with E-state index >= 15 is 0 Å². The zero-order valence-corrected chi connectivity index (χ0v) is 13.7. The Balaban J connectivity index is 2.00. The Morgan fingerprint density at radius 1 is 1.15 bits per heavy atom. The van der Waals surface area contributed by atoms with Crippen LogP contribution < -0.4 is 5.32 Å². The van der Waals surface area contributed by atoms with E-state index in [-0.39, 0.29) is 0 Å². The minimum atomic E-state index is 0.473. The highest BCUT2D eigenvalue weighted by Gasteiger charge is 2.32. The van der Waals surface area contributed by atoms with Crippen LogP contribution in [-0.2, 0) is 0 Å². The maximum atomic E-state index is 6.00. The molecule has 1 fully saturated rings. The molecule has 0 heterocycles. The number of benzene rings is 1. The fraction of sp³-hybridized carbons (Fsp3) is 0.667. The molecule has 1 atom stereocenters. The molecule has 0 aliphatic heterocycles. The largest absolute Gasteiger partial charge is 0.309 e. The van der Waals surface area contributed by atoms with Gasteiger partial charge < -0.3 is 5.32 Å². The van der Waals surface area contributed by atoms with Crippen LogP contribution in [0.3, 0.4) is 0 Å². The molecular formula is C18H28ClN. The van der Waals surface area contributed by atoms with Crippen molar-refractivity contribution in [1.29, 1.82) is 0 Å². The molecule has 1 N–H and O–H groups in total. The summed E-state index contributed by atoms with van der Waals surface area (Å²) in [6.07, 6.45) is 9.33. The zero-order chi connectivity index (χ0) is 14.4. The standard InChI is InChI=1S/C18H28ClN/c1-3-7-17(15-8-10-16(19)11-9-15)20-14-18(4-2)12-5-6-13-18/h8-11,17,20H,3-7,12-14H2,1-2H3. The second-order valence-corrected chi connectivity index (χ2v) is 6.77. The molecule has 0 amide bonds. The van der Waals surface area contributed by atoms with Gasteiger partial charge in [0.2, 0.25) is 0 Å². The molecule has 1 aliphatic rings. The molecule has 1 unspecified atom stereocenters. The third kappa shape index (κ3) is 3.99. The summed E-state index contributed by atoms with van der Waals surface area (Å²) in [6.45, 7) is 5.77. The van der Waals surface area contributed by atoms with E-state index in [1.807, 2.05) is 12.1 Å². The minimum absolute atomic E-state index is 0.473. The van der Waals surface area contributed by atoms with Crippen LogP contribution in [0, 0.1) is 5.41 Å². The van der Waals surface area contributed by atoms with Crippen LogP contribution in [0.5, 0.6) is 0 Å². The lowest BCUT2D eigenvalue weighted by molar-refractivity contribution is 0.253. The van der Waals surface area contributed by atoms with Gasteiger partial charge in [0.25, 0.3) is 0 Å². The van der Waals surface area contributed by atoms with Gasteiger partial charge in [-0.2, -0.15) is 0 Å². The second-order valence-electron chi connectivity index (χ2n) is 6.33. The molecule has 1 aromatic rings. The number of halogens is 1. The summed E-state index contributed by atoms with van der Waals surface area (Å²) >= 11 is 6.00. The van der Waals surface area contributed by atoms with E-state index in [1.54, 1.807) is 0 Å². The van der Waals surface area contributed by atoms with Crippen LogP contribution in [0.4, 0.5) is 0 Å². The van der Waals surface area contributed by atoms with Crippen molar-refractivity contribution in [1.82, 2.24) is 5.32 Å². The Bertz CT molecular complexity index is 392. The van der Waals surface area contributed by atoms with Gasteiger partial charge in [0, 0.05) is 17.6 Å². The molecule has 0 saturated heterocycles. The van der Waals surface area contributed by atoms with Gasteiger partial charge in [-0.05, 0) is 48.8 Å². The Labute approximate surface area is 129 Å². The van der Waals surface area contributed by atoms with Gasteiger partial charge in [-0.15, -0.1) is 0 Å². The van der Waals surface area contributed by atoms with E-state index < -0.39 is 0 Å². The van der Waals surface area contributed by atoms with Crippen molar-refractivity contribution in [3.8, 4) is 0 Å². The van der Waals surface area contributed by atoms with E-state index in [2.05, 4.69) is 31.3 Å². The molecule has 2 heteroatoms. The SMILES string of the molecule is CCCC(NCC1(CC)CCCC1)c1ccc(Cl)cc1. The van der Waals surface area contributed by atoms with E-state index in [9.17, 15) is 0 Å². The first-order valence-electron chi connectivity index (χ1n) is 8.18. The van der Waals surface area contributed by atoms with Crippen LogP contribution in [0.1, 0.15) is 70.4 Å². The first-order chi connectivity index (χ1) is 9.69. The number of hydrogen-bond acceptors (Lipinski definition) is 1. The summed E-state index contributed by atoms with van der Waals surface area (Å²) in [7, 11) is 0. The van der Waals surface area contributed by atoms with Crippen LogP contribution in [0.2, 0.25) is 5.02 Å². The van der Waals surface area contributed by atoms with Gasteiger partial charge in [0.05, 0.1) is 0 Å². The smallest absolute Gasteiger partial charge is 0.0406 e. The van der Waals surface area contributed by atoms with Gasteiger partial charge >= 0.3 is 0 Å². The van der Waals surface area contributed by atoms with Crippen molar-refractivity contribution >= 4 is 11.6 Å². The average Bonchev–Trinajstić information content (AvgIpc) is 2.94. The van der Waals surface area contributed by atoms with E-state index in [0.717, 1.165) is 11.6 Å². The lowest BCUT2D eigenvalue weighted by Crippen LogP contribution is -2.34. The van der Waals surface area contributed by atoms with Crippen LogP contribution in [-0.4, -0.2) is 6.54 Å². The first kappa shape index (κ1) is 15.9. The molecule has 20 heavy (non-hydrogen) atoms. The predicted octanol–water partition coefficient (Wildman–Crippen LogP) is 5.74. The number of hydrogen-bond donors (Lipinski definition) is 1. The zero-order valence-electron chi connectivity index (χ0n) is 12.9. The Kier molecular flexibility index (Phi) is 5.92. The summed E-state index contributed by atoms with van der Waals surface area (Å²) in [5.74, 6) is 0. The molecule has 0 bridgehead atoms. The normalized spacial score (nSPS) is 19.1.